The summed E-state index contributed by atoms with van der Waals surface area (Å²) in [4.78, 5) is 9.17. The van der Waals surface area contributed by atoms with Gasteiger partial charge in [-0.2, -0.15) is 0 Å². The minimum atomic E-state index is 1.19. The molecule has 0 saturated carbocycles. The minimum Gasteiger partial charge on any atom is -0.360 e. The lowest BCUT2D eigenvalue weighted by atomic mass is 10.2. The number of hydrogen-bond donors (Lipinski definition) is 2. The van der Waals surface area contributed by atoms with Crippen LogP contribution in [-0.2, 0) is 0 Å². The molecule has 0 atom stereocenters. The quantitative estimate of drug-likeness (QED) is 0.493. The summed E-state index contributed by atoms with van der Waals surface area (Å²) >= 11 is 0. The maximum atomic E-state index is 3.31. The largest absolute Gasteiger partial charge is 0.360 e. The van der Waals surface area contributed by atoms with Gasteiger partial charge in [-0.05, 0) is 12.1 Å². The first-order valence-corrected chi connectivity index (χ1v) is 8.53. The van der Waals surface area contributed by atoms with E-state index >= 15 is 0 Å². The molecule has 0 saturated heterocycles. The van der Waals surface area contributed by atoms with E-state index in [4.69, 9.17) is 0 Å². The lowest BCUT2D eigenvalue weighted by molar-refractivity contribution is 1.42. The second kappa shape index (κ2) is 4.96. The molecule has 2 aromatic heterocycles. The molecule has 4 aromatic rings. The fraction of sp³-hybridized carbons (Fsp3) is 0. The van der Waals surface area contributed by atoms with Crippen molar-refractivity contribution in [1.29, 1.82) is 0 Å². The van der Waals surface area contributed by atoms with Gasteiger partial charge in [0.2, 0.25) is 0 Å². The molecule has 0 aliphatic rings. The van der Waals surface area contributed by atoms with E-state index in [0.717, 1.165) is 0 Å². The van der Waals surface area contributed by atoms with Gasteiger partial charge in [0.1, 0.15) is 0 Å². The van der Waals surface area contributed by atoms with E-state index in [1.54, 1.807) is 21.6 Å². The van der Waals surface area contributed by atoms with Crippen LogP contribution in [0.2, 0.25) is 0 Å². The van der Waals surface area contributed by atoms with Crippen LogP contribution < -0.4 is 0 Å². The van der Waals surface area contributed by atoms with Crippen molar-refractivity contribution in [2.24, 2.45) is 0 Å². The van der Waals surface area contributed by atoms with Gasteiger partial charge in [-0.3, -0.25) is 0 Å². The molecule has 0 unspecified atom stereocenters. The number of fused-ring (bicyclic) bond motifs is 2. The van der Waals surface area contributed by atoms with Crippen LogP contribution in [-0.4, -0.2) is 9.97 Å². The van der Waals surface area contributed by atoms with Crippen LogP contribution in [0.3, 0.4) is 0 Å². The Morgan fingerprint density at radius 3 is 1.55 bits per heavy atom. The topological polar surface area (TPSA) is 31.6 Å². The summed E-state index contributed by atoms with van der Waals surface area (Å²) in [6.07, 6.45) is 4.16. The Morgan fingerprint density at radius 2 is 1.05 bits per heavy atom. The van der Waals surface area contributed by atoms with Gasteiger partial charge in [-0.25, -0.2) is 0 Å². The van der Waals surface area contributed by atoms with E-state index in [-0.39, 0.29) is 0 Å². The summed E-state index contributed by atoms with van der Waals surface area (Å²) in [5.41, 5.74) is 2.38. The van der Waals surface area contributed by atoms with Crippen molar-refractivity contribution in [2.45, 2.75) is 9.79 Å². The van der Waals surface area contributed by atoms with Crippen LogP contribution in [0.5, 0.6) is 0 Å². The van der Waals surface area contributed by atoms with Crippen molar-refractivity contribution < 1.29 is 0 Å². The van der Waals surface area contributed by atoms with E-state index in [1.807, 2.05) is 0 Å². The van der Waals surface area contributed by atoms with Crippen LogP contribution >= 0.6 is 21.6 Å². The van der Waals surface area contributed by atoms with Crippen LogP contribution in [0.25, 0.3) is 21.8 Å². The summed E-state index contributed by atoms with van der Waals surface area (Å²) < 4.78 is 0. The fourth-order valence-corrected chi connectivity index (χ4v) is 4.61. The van der Waals surface area contributed by atoms with Crippen molar-refractivity contribution in [3.05, 3.63) is 60.9 Å². The minimum absolute atomic E-state index is 1.19. The lowest BCUT2D eigenvalue weighted by Gasteiger charge is -1.98. The molecule has 2 N–H and O–H groups in total. The highest BCUT2D eigenvalue weighted by Crippen LogP contribution is 2.42. The summed E-state index contributed by atoms with van der Waals surface area (Å²) in [6.45, 7) is 0. The van der Waals surface area contributed by atoms with Gasteiger partial charge in [0.05, 0.1) is 0 Å². The molecule has 0 bridgehead atoms. The molecule has 4 rings (SSSR count). The monoisotopic (exact) mass is 296 g/mol. The van der Waals surface area contributed by atoms with Gasteiger partial charge in [0.15, 0.2) is 0 Å². The standard InChI is InChI=1S/C16H12N2S2/c1-3-7-13-11(5-1)15(9-17-13)19-20-16-10-18-14-8-4-2-6-12(14)16/h1-10,17-18H. The van der Waals surface area contributed by atoms with E-state index in [9.17, 15) is 0 Å². The number of nitrogens with one attached hydrogen (secondary N) is 2. The van der Waals surface area contributed by atoms with Crippen molar-refractivity contribution >= 4 is 43.4 Å². The smallest absolute Gasteiger partial charge is 0.0465 e. The number of H-pyrrole nitrogens is 2. The molecular weight excluding hydrogens is 284 g/mol. The second-order valence-corrected chi connectivity index (χ2v) is 6.78. The van der Waals surface area contributed by atoms with Crippen molar-refractivity contribution in [2.75, 3.05) is 0 Å². The SMILES string of the molecule is c1ccc2c(SSc3c[nH]c4ccccc34)c[nH]c2c1. The molecule has 0 amide bonds. The number of para-hydroxylation sites is 2. The predicted octanol–water partition coefficient (Wildman–Crippen LogP) is 5.45. The molecule has 2 heterocycles. The molecule has 0 aliphatic carbocycles. The highest BCUT2D eigenvalue weighted by Gasteiger charge is 2.07. The molecule has 0 aliphatic heterocycles. The highest BCUT2D eigenvalue weighted by molar-refractivity contribution is 8.76. The third kappa shape index (κ3) is 2.01. The Bertz CT molecular complexity index is 802. The number of benzene rings is 2. The zero-order valence-corrected chi connectivity index (χ0v) is 12.2. The molecule has 2 nitrogen and oxygen atoms in total. The Kier molecular flexibility index (Phi) is 2.98. The average Bonchev–Trinajstić information content (AvgIpc) is 3.09. The summed E-state index contributed by atoms with van der Waals surface area (Å²) in [6, 6.07) is 16.8. The van der Waals surface area contributed by atoms with Gasteiger partial charge < -0.3 is 9.97 Å². The third-order valence-corrected chi connectivity index (χ3v) is 5.77. The molecule has 0 radical (unpaired) electrons. The summed E-state index contributed by atoms with van der Waals surface area (Å²) in [5.74, 6) is 0. The van der Waals surface area contributed by atoms with Gasteiger partial charge >= 0.3 is 0 Å². The zero-order chi connectivity index (χ0) is 13.4. The molecule has 20 heavy (non-hydrogen) atoms. The lowest BCUT2D eigenvalue weighted by Crippen LogP contribution is -1.67. The molecule has 98 valence electrons. The number of aromatic amines is 2. The summed E-state index contributed by atoms with van der Waals surface area (Å²) in [5, 5.41) is 2.56. The van der Waals surface area contributed by atoms with Crippen molar-refractivity contribution in [3.8, 4) is 0 Å². The summed E-state index contributed by atoms with van der Waals surface area (Å²) in [7, 11) is 3.59. The van der Waals surface area contributed by atoms with Crippen LogP contribution in [0.15, 0.2) is 70.7 Å². The highest BCUT2D eigenvalue weighted by atomic mass is 33.1. The molecule has 4 heteroatoms. The van der Waals surface area contributed by atoms with Crippen LogP contribution in [0, 0.1) is 0 Å². The second-order valence-electron chi connectivity index (χ2n) is 4.56. The maximum Gasteiger partial charge on any atom is 0.0465 e. The van der Waals surface area contributed by atoms with E-state index < -0.39 is 0 Å². The number of aromatic nitrogens is 2. The predicted molar refractivity (Wildman–Crippen MR) is 88.3 cm³/mol. The van der Waals surface area contributed by atoms with Gasteiger partial charge in [-0.15, -0.1) is 0 Å². The Hall–Kier alpha value is -1.78. The van der Waals surface area contributed by atoms with E-state index in [2.05, 4.69) is 70.9 Å². The Balaban J connectivity index is 1.64. The first-order chi connectivity index (χ1) is 9.92. The van der Waals surface area contributed by atoms with Crippen molar-refractivity contribution in [3.63, 3.8) is 0 Å². The first kappa shape index (κ1) is 12.0. The van der Waals surface area contributed by atoms with E-state index in [1.165, 1.54) is 31.6 Å². The molecule has 0 fully saturated rings. The molecule has 0 spiro atoms. The van der Waals surface area contributed by atoms with Crippen LogP contribution in [0.1, 0.15) is 0 Å². The van der Waals surface area contributed by atoms with Crippen molar-refractivity contribution in [1.82, 2.24) is 9.97 Å². The maximum absolute atomic E-state index is 3.31. The Labute approximate surface area is 124 Å². The third-order valence-electron chi connectivity index (χ3n) is 3.32. The van der Waals surface area contributed by atoms with E-state index in [0.29, 0.717) is 0 Å². The fourth-order valence-electron chi connectivity index (χ4n) is 2.32. The Morgan fingerprint density at radius 1 is 0.600 bits per heavy atom. The average molecular weight is 296 g/mol. The van der Waals surface area contributed by atoms with Gasteiger partial charge in [0, 0.05) is 44.0 Å². The van der Waals surface area contributed by atoms with Gasteiger partial charge in [0.25, 0.3) is 0 Å². The number of rotatable bonds is 3. The molecule has 2 aromatic carbocycles. The van der Waals surface area contributed by atoms with Gasteiger partial charge in [-0.1, -0.05) is 58.0 Å². The number of hydrogen-bond acceptors (Lipinski definition) is 2. The normalized spacial score (nSPS) is 11.4. The van der Waals surface area contributed by atoms with Crippen LogP contribution in [0.4, 0.5) is 0 Å². The molecular formula is C16H12N2S2. The zero-order valence-electron chi connectivity index (χ0n) is 10.6. The first-order valence-electron chi connectivity index (χ1n) is 6.38.